The first-order valence-corrected chi connectivity index (χ1v) is 8.42. The van der Waals surface area contributed by atoms with Crippen LogP contribution in [0, 0.1) is 0 Å². The highest BCUT2D eigenvalue weighted by molar-refractivity contribution is 5.91. The van der Waals surface area contributed by atoms with Crippen LogP contribution in [0.3, 0.4) is 0 Å². The Morgan fingerprint density at radius 3 is 2.41 bits per heavy atom. The Morgan fingerprint density at radius 1 is 1.17 bits per heavy atom. The molecule has 1 amide bonds. The number of fused-ring (bicyclic) bond motifs is 1. The van der Waals surface area contributed by atoms with Crippen molar-refractivity contribution in [1.82, 2.24) is 24.0 Å². The second kappa shape index (κ2) is 6.54. The van der Waals surface area contributed by atoms with Crippen LogP contribution in [0.15, 0.2) is 54.0 Å². The average molecular weight is 407 g/mol. The molecule has 0 bridgehead atoms. The topological polar surface area (TPSA) is 73.0 Å². The van der Waals surface area contributed by atoms with E-state index in [1.54, 1.807) is 0 Å². The normalized spacial score (nSPS) is 14.8. The fourth-order valence-electron chi connectivity index (χ4n) is 3.29. The number of hydrogen-bond acceptors (Lipinski definition) is 4. The van der Waals surface area contributed by atoms with Gasteiger partial charge in [0.25, 0.3) is 5.91 Å². The van der Waals surface area contributed by atoms with Crippen LogP contribution >= 0.6 is 0 Å². The molecule has 1 saturated heterocycles. The summed E-state index contributed by atoms with van der Waals surface area (Å²) in [6, 6.07) is 3.67. The molecule has 4 rings (SSSR count). The number of carbonyl (C=O) groups excluding carboxylic acids is 1. The van der Waals surface area contributed by atoms with Gasteiger partial charge in [-0.3, -0.25) is 13.9 Å². The summed E-state index contributed by atoms with van der Waals surface area (Å²) in [5.41, 5.74) is -0.603. The van der Waals surface area contributed by atoms with E-state index in [1.807, 2.05) is 0 Å². The van der Waals surface area contributed by atoms with E-state index in [4.69, 9.17) is 0 Å². The molecule has 1 fully saturated rings. The second-order valence-electron chi connectivity index (χ2n) is 6.53. The standard InChI is InChI=1S/C18H13F4N5O2/c1-10(19)16(28)25-7-13(8-25)27-15-14(6-23-9-24-15)26(17(27)29)12-4-2-11(3-5-12)18(20,21)22/h2-6,9,13H,1,7-8H2. The van der Waals surface area contributed by atoms with Crippen molar-refractivity contribution in [3.63, 3.8) is 0 Å². The zero-order valence-corrected chi connectivity index (χ0v) is 14.7. The molecule has 1 aliphatic rings. The Morgan fingerprint density at radius 2 is 1.83 bits per heavy atom. The number of aromatic nitrogens is 4. The molecule has 0 N–H and O–H groups in total. The van der Waals surface area contributed by atoms with Crippen LogP contribution in [0.25, 0.3) is 16.9 Å². The molecular formula is C18H13F4N5O2. The molecule has 1 aliphatic heterocycles. The van der Waals surface area contributed by atoms with E-state index in [-0.39, 0.29) is 24.4 Å². The number of amides is 1. The minimum atomic E-state index is -4.50. The van der Waals surface area contributed by atoms with Gasteiger partial charge in [0, 0.05) is 13.1 Å². The third-order valence-electron chi connectivity index (χ3n) is 4.74. The van der Waals surface area contributed by atoms with Crippen molar-refractivity contribution in [2.45, 2.75) is 12.2 Å². The van der Waals surface area contributed by atoms with Crippen molar-refractivity contribution in [1.29, 1.82) is 0 Å². The summed E-state index contributed by atoms with van der Waals surface area (Å²) in [5, 5.41) is 0. The van der Waals surface area contributed by atoms with Crippen LogP contribution < -0.4 is 5.69 Å². The molecule has 0 aliphatic carbocycles. The van der Waals surface area contributed by atoms with Crippen LogP contribution in [0.2, 0.25) is 0 Å². The number of alkyl halides is 3. The van der Waals surface area contributed by atoms with Gasteiger partial charge in [-0.05, 0) is 24.3 Å². The van der Waals surface area contributed by atoms with Crippen LogP contribution in [-0.4, -0.2) is 43.0 Å². The zero-order valence-electron chi connectivity index (χ0n) is 14.7. The molecule has 2 aromatic heterocycles. The summed E-state index contributed by atoms with van der Waals surface area (Å²) in [6.45, 7) is 3.12. The van der Waals surface area contributed by atoms with Gasteiger partial charge in [-0.2, -0.15) is 13.2 Å². The largest absolute Gasteiger partial charge is 0.416 e. The van der Waals surface area contributed by atoms with Crippen LogP contribution in [0.4, 0.5) is 17.6 Å². The van der Waals surface area contributed by atoms with Crippen LogP contribution in [-0.2, 0) is 11.0 Å². The van der Waals surface area contributed by atoms with Gasteiger partial charge in [0.1, 0.15) is 11.8 Å². The van der Waals surface area contributed by atoms with Gasteiger partial charge in [0.15, 0.2) is 11.5 Å². The monoisotopic (exact) mass is 407 g/mol. The lowest BCUT2D eigenvalue weighted by Crippen LogP contribution is -2.52. The molecular weight excluding hydrogens is 394 g/mol. The predicted molar refractivity (Wildman–Crippen MR) is 94.0 cm³/mol. The molecule has 0 radical (unpaired) electrons. The highest BCUT2D eigenvalue weighted by Gasteiger charge is 2.36. The lowest BCUT2D eigenvalue weighted by molar-refractivity contribution is -0.137. The maximum Gasteiger partial charge on any atom is 0.416 e. The molecule has 11 heteroatoms. The summed E-state index contributed by atoms with van der Waals surface area (Å²) in [5.74, 6) is -1.94. The van der Waals surface area contributed by atoms with E-state index >= 15 is 0 Å². The zero-order chi connectivity index (χ0) is 20.9. The first kappa shape index (κ1) is 18.8. The Labute approximate surface area is 160 Å². The Bertz CT molecular complexity index is 1170. The van der Waals surface area contributed by atoms with Crippen LogP contribution in [0.1, 0.15) is 11.6 Å². The highest BCUT2D eigenvalue weighted by atomic mass is 19.4. The van der Waals surface area contributed by atoms with Gasteiger partial charge in [-0.25, -0.2) is 19.2 Å². The molecule has 0 unspecified atom stereocenters. The van der Waals surface area contributed by atoms with Crippen molar-refractivity contribution >= 4 is 17.1 Å². The summed E-state index contributed by atoms with van der Waals surface area (Å²) in [4.78, 5) is 33.9. The van der Waals surface area contributed by atoms with Gasteiger partial charge >= 0.3 is 11.9 Å². The lowest BCUT2D eigenvalue weighted by Gasteiger charge is -2.38. The Hall–Kier alpha value is -3.50. The minimum Gasteiger partial charge on any atom is -0.332 e. The Balaban J connectivity index is 1.76. The number of benzene rings is 1. The maximum atomic E-state index is 13.1. The molecule has 0 saturated carbocycles. The van der Waals surface area contributed by atoms with Gasteiger partial charge in [-0.1, -0.05) is 6.58 Å². The van der Waals surface area contributed by atoms with Gasteiger partial charge in [0.05, 0.1) is 23.5 Å². The van der Waals surface area contributed by atoms with Crippen molar-refractivity contribution in [2.75, 3.05) is 13.1 Å². The molecule has 7 nitrogen and oxygen atoms in total. The first-order chi connectivity index (χ1) is 13.7. The maximum absolute atomic E-state index is 13.1. The molecule has 3 heterocycles. The van der Waals surface area contributed by atoms with E-state index < -0.39 is 35.2 Å². The Kier molecular flexibility index (Phi) is 4.25. The molecule has 1 aromatic carbocycles. The summed E-state index contributed by atoms with van der Waals surface area (Å²) >= 11 is 0. The number of rotatable bonds is 3. The number of nitrogens with zero attached hydrogens (tertiary/aromatic N) is 5. The smallest absolute Gasteiger partial charge is 0.332 e. The third-order valence-corrected chi connectivity index (χ3v) is 4.74. The SMILES string of the molecule is C=C(F)C(=O)N1CC(n2c(=O)n(-c3ccc(C(F)(F)F)cc3)c3cncnc32)C1. The lowest BCUT2D eigenvalue weighted by atomic mass is 10.1. The van der Waals surface area contributed by atoms with E-state index in [0.717, 1.165) is 12.1 Å². The number of hydrogen-bond donors (Lipinski definition) is 0. The fourth-order valence-corrected chi connectivity index (χ4v) is 3.29. The van der Waals surface area contributed by atoms with Crippen molar-refractivity contribution < 1.29 is 22.4 Å². The summed E-state index contributed by atoms with van der Waals surface area (Å²) in [7, 11) is 0. The van der Waals surface area contributed by atoms with E-state index in [0.29, 0.717) is 5.52 Å². The molecule has 150 valence electrons. The van der Waals surface area contributed by atoms with Gasteiger partial charge < -0.3 is 4.90 Å². The average Bonchev–Trinajstić information content (AvgIpc) is 2.92. The summed E-state index contributed by atoms with van der Waals surface area (Å²) < 4.78 is 54.0. The van der Waals surface area contributed by atoms with Gasteiger partial charge in [0.2, 0.25) is 0 Å². The second-order valence-corrected chi connectivity index (χ2v) is 6.53. The molecule has 0 spiro atoms. The third kappa shape index (κ3) is 3.08. The van der Waals surface area contributed by atoms with Crippen molar-refractivity contribution in [2.24, 2.45) is 0 Å². The van der Waals surface area contributed by atoms with Crippen LogP contribution in [0.5, 0.6) is 0 Å². The first-order valence-electron chi connectivity index (χ1n) is 8.42. The quantitative estimate of drug-likeness (QED) is 0.494. The minimum absolute atomic E-state index is 0.0812. The van der Waals surface area contributed by atoms with E-state index in [9.17, 15) is 27.2 Å². The number of likely N-dealkylation sites (tertiary alicyclic amines) is 1. The summed E-state index contributed by atoms with van der Waals surface area (Å²) in [6.07, 6.45) is -1.88. The van der Waals surface area contributed by atoms with E-state index in [2.05, 4.69) is 16.5 Å². The number of halogens is 4. The van der Waals surface area contributed by atoms with Gasteiger partial charge in [-0.15, -0.1) is 0 Å². The molecule has 0 atom stereocenters. The number of imidazole rings is 1. The predicted octanol–water partition coefficient (Wildman–Crippen LogP) is 2.47. The molecule has 29 heavy (non-hydrogen) atoms. The molecule has 3 aromatic rings. The van der Waals surface area contributed by atoms with Crippen molar-refractivity contribution in [3.8, 4) is 5.69 Å². The number of carbonyl (C=O) groups is 1. The van der Waals surface area contributed by atoms with Crippen molar-refractivity contribution in [3.05, 3.63) is 65.2 Å². The fraction of sp³-hybridized carbons (Fsp3) is 0.222. The highest BCUT2D eigenvalue weighted by Crippen LogP contribution is 2.30. The van der Waals surface area contributed by atoms with E-state index in [1.165, 1.54) is 38.7 Å².